The van der Waals surface area contributed by atoms with Crippen LogP contribution in [0.2, 0.25) is 0 Å². The van der Waals surface area contributed by atoms with Crippen LogP contribution < -0.4 is 4.90 Å². The van der Waals surface area contributed by atoms with Crippen LogP contribution in [0.5, 0.6) is 0 Å². The average Bonchev–Trinajstić information content (AvgIpc) is 3.21. The number of aromatic nitrogens is 2. The fourth-order valence-corrected chi connectivity index (χ4v) is 4.55. The number of rotatable bonds is 5. The Kier molecular flexibility index (Phi) is 5.04. The maximum absolute atomic E-state index is 6.32. The first-order valence-electron chi connectivity index (χ1n) is 9.70. The first-order chi connectivity index (χ1) is 12.2. The van der Waals surface area contributed by atoms with E-state index in [4.69, 9.17) is 4.74 Å². The van der Waals surface area contributed by atoms with Gasteiger partial charge in [-0.15, -0.1) is 5.10 Å². The van der Waals surface area contributed by atoms with Gasteiger partial charge in [-0.2, -0.15) is 5.10 Å². The smallest absolute Gasteiger partial charge is 0.150 e. The van der Waals surface area contributed by atoms with E-state index in [1.54, 1.807) is 0 Å². The zero-order chi connectivity index (χ0) is 17.2. The van der Waals surface area contributed by atoms with Gasteiger partial charge in [-0.3, -0.25) is 0 Å². The van der Waals surface area contributed by atoms with Crippen molar-refractivity contribution in [3.63, 3.8) is 0 Å². The molecule has 1 aliphatic carbocycles. The molecule has 3 heterocycles. The van der Waals surface area contributed by atoms with E-state index in [0.29, 0.717) is 12.2 Å². The van der Waals surface area contributed by atoms with Gasteiger partial charge >= 0.3 is 0 Å². The summed E-state index contributed by atoms with van der Waals surface area (Å²) in [6.07, 6.45) is 11.2. The third-order valence-electron chi connectivity index (χ3n) is 5.95. The fourth-order valence-electron chi connectivity index (χ4n) is 4.55. The van der Waals surface area contributed by atoms with Crippen molar-refractivity contribution in [3.8, 4) is 0 Å². The molecule has 4 atom stereocenters. The van der Waals surface area contributed by atoms with Gasteiger partial charge in [-0.25, -0.2) is 0 Å². The largest absolute Gasteiger partial charge is 0.373 e. The Hall–Kier alpha value is -1.46. The van der Waals surface area contributed by atoms with E-state index in [-0.39, 0.29) is 0 Å². The van der Waals surface area contributed by atoms with Crippen LogP contribution in [0.4, 0.5) is 5.82 Å². The van der Waals surface area contributed by atoms with E-state index in [2.05, 4.69) is 33.3 Å². The van der Waals surface area contributed by atoms with E-state index in [1.807, 2.05) is 25.1 Å². The number of fused-ring (bicyclic) bond motifs is 1. The first-order valence-corrected chi connectivity index (χ1v) is 9.70. The topological polar surface area (TPSA) is 41.5 Å². The molecule has 1 aromatic rings. The molecule has 0 unspecified atom stereocenters. The normalized spacial score (nSPS) is 32.1. The molecule has 1 aromatic heterocycles. The molecule has 3 aliphatic rings. The molecule has 4 rings (SSSR count). The van der Waals surface area contributed by atoms with Crippen molar-refractivity contribution in [3.05, 3.63) is 30.0 Å². The Labute approximate surface area is 151 Å². The molecule has 0 N–H and O–H groups in total. The molecule has 0 spiro atoms. The molecule has 0 saturated carbocycles. The minimum atomic E-state index is 0.302. The summed E-state index contributed by atoms with van der Waals surface area (Å²) in [7, 11) is 3.97. The lowest BCUT2D eigenvalue weighted by Gasteiger charge is -2.21. The quantitative estimate of drug-likeness (QED) is 0.769. The molecule has 0 aromatic carbocycles. The monoisotopic (exact) mass is 342 g/mol. The molecule has 2 saturated heterocycles. The third kappa shape index (κ3) is 4.04. The van der Waals surface area contributed by atoms with Gasteiger partial charge in [0.05, 0.1) is 17.9 Å². The van der Waals surface area contributed by atoms with Crippen molar-refractivity contribution in [1.29, 1.82) is 0 Å². The van der Waals surface area contributed by atoms with Gasteiger partial charge in [-0.05, 0) is 49.7 Å². The van der Waals surface area contributed by atoms with E-state index in [9.17, 15) is 0 Å². The Balaban J connectivity index is 1.24. The van der Waals surface area contributed by atoms with Crippen LogP contribution in [0.3, 0.4) is 0 Å². The number of nitrogens with zero attached hydrogens (tertiary/aromatic N) is 4. The summed E-state index contributed by atoms with van der Waals surface area (Å²) >= 11 is 0. The first kappa shape index (κ1) is 17.0. The molecule has 0 bridgehead atoms. The van der Waals surface area contributed by atoms with Crippen LogP contribution in [0, 0.1) is 11.8 Å². The van der Waals surface area contributed by atoms with Gasteiger partial charge in [-0.1, -0.05) is 12.2 Å². The maximum atomic E-state index is 6.32. The third-order valence-corrected chi connectivity index (χ3v) is 5.95. The highest BCUT2D eigenvalue weighted by atomic mass is 16.5. The van der Waals surface area contributed by atoms with Crippen LogP contribution in [0.25, 0.3) is 0 Å². The lowest BCUT2D eigenvalue weighted by molar-refractivity contribution is 0.0261. The minimum Gasteiger partial charge on any atom is -0.373 e. The number of hydrogen-bond donors (Lipinski definition) is 0. The lowest BCUT2D eigenvalue weighted by Crippen LogP contribution is -2.31. The van der Waals surface area contributed by atoms with Crippen LogP contribution in [0.1, 0.15) is 31.4 Å². The predicted molar refractivity (Wildman–Crippen MR) is 99.8 cm³/mol. The van der Waals surface area contributed by atoms with Gasteiger partial charge in [0, 0.05) is 40.2 Å². The predicted octanol–water partition coefficient (Wildman–Crippen LogP) is 2.53. The van der Waals surface area contributed by atoms with Gasteiger partial charge in [0.15, 0.2) is 5.82 Å². The number of hydrogen-bond acceptors (Lipinski definition) is 5. The second-order valence-corrected chi connectivity index (χ2v) is 8.12. The van der Waals surface area contributed by atoms with Crippen LogP contribution in [-0.4, -0.2) is 61.0 Å². The van der Waals surface area contributed by atoms with E-state index >= 15 is 0 Å². The highest BCUT2D eigenvalue weighted by Gasteiger charge is 2.35. The summed E-state index contributed by atoms with van der Waals surface area (Å²) < 4.78 is 6.32. The molecule has 2 aliphatic heterocycles. The average molecular weight is 342 g/mol. The summed E-state index contributed by atoms with van der Waals surface area (Å²) in [5, 5.41) is 8.62. The summed E-state index contributed by atoms with van der Waals surface area (Å²) in [5.41, 5.74) is 1.04. The van der Waals surface area contributed by atoms with Crippen LogP contribution >= 0.6 is 0 Å². The van der Waals surface area contributed by atoms with Gasteiger partial charge in [0.2, 0.25) is 0 Å². The number of likely N-dealkylation sites (tertiary alicyclic amines) is 1. The highest BCUT2D eigenvalue weighted by Crippen LogP contribution is 2.34. The van der Waals surface area contributed by atoms with Gasteiger partial charge in [0.1, 0.15) is 0 Å². The van der Waals surface area contributed by atoms with Crippen molar-refractivity contribution < 1.29 is 4.74 Å². The molecule has 0 radical (unpaired) electrons. The van der Waals surface area contributed by atoms with Crippen molar-refractivity contribution in [1.82, 2.24) is 15.1 Å². The molecular weight excluding hydrogens is 312 g/mol. The zero-order valence-corrected chi connectivity index (χ0v) is 15.5. The van der Waals surface area contributed by atoms with Crippen molar-refractivity contribution in [2.24, 2.45) is 11.8 Å². The van der Waals surface area contributed by atoms with Gasteiger partial charge in [0.25, 0.3) is 0 Å². The van der Waals surface area contributed by atoms with Crippen LogP contribution in [-0.2, 0) is 11.2 Å². The maximum Gasteiger partial charge on any atom is 0.150 e. The summed E-state index contributed by atoms with van der Waals surface area (Å²) in [6, 6.07) is 4.12. The molecule has 5 heteroatoms. The second kappa shape index (κ2) is 7.42. The van der Waals surface area contributed by atoms with Crippen molar-refractivity contribution >= 4 is 5.82 Å². The Morgan fingerprint density at radius 3 is 2.40 bits per heavy atom. The van der Waals surface area contributed by atoms with E-state index < -0.39 is 0 Å². The highest BCUT2D eigenvalue weighted by molar-refractivity contribution is 5.34. The molecular formula is C20H30N4O. The fraction of sp³-hybridized carbons (Fsp3) is 0.700. The van der Waals surface area contributed by atoms with Gasteiger partial charge < -0.3 is 14.5 Å². The summed E-state index contributed by atoms with van der Waals surface area (Å²) in [5.74, 6) is 2.67. The number of allylic oxidation sites excluding steroid dienone is 2. The minimum absolute atomic E-state index is 0.302. The number of anilines is 1. The van der Waals surface area contributed by atoms with Crippen LogP contribution in [0.15, 0.2) is 24.3 Å². The standard InChI is InChI=1S/C20H30N4O/c1-23(2)20-10-7-17(21-22-20)11-18-8-9-19(25-18)14-24-12-15-5-3-4-6-16(15)13-24/h3-4,7,10,15-16,18-19H,5-6,8-9,11-14H2,1-2H3/t15-,16+,18-,19+/m0/s1. The molecule has 2 fully saturated rings. The Bertz CT molecular complexity index is 584. The summed E-state index contributed by atoms with van der Waals surface area (Å²) in [6.45, 7) is 3.63. The van der Waals surface area contributed by atoms with Crippen molar-refractivity contribution in [2.75, 3.05) is 38.6 Å². The second-order valence-electron chi connectivity index (χ2n) is 8.12. The molecule has 0 amide bonds. The zero-order valence-electron chi connectivity index (χ0n) is 15.5. The van der Waals surface area contributed by atoms with E-state index in [1.165, 1.54) is 32.4 Å². The number of ether oxygens (including phenoxy) is 1. The Morgan fingerprint density at radius 2 is 1.76 bits per heavy atom. The van der Waals surface area contributed by atoms with Crippen molar-refractivity contribution in [2.45, 2.75) is 44.3 Å². The molecule has 5 nitrogen and oxygen atoms in total. The SMILES string of the molecule is CN(C)c1ccc(C[C@@H]2CC[C@H](CN3C[C@H]4CC=CC[C@H]4C3)O2)nn1. The molecule has 25 heavy (non-hydrogen) atoms. The summed E-state index contributed by atoms with van der Waals surface area (Å²) in [4.78, 5) is 4.61. The Morgan fingerprint density at radius 1 is 1.04 bits per heavy atom. The lowest BCUT2D eigenvalue weighted by atomic mass is 9.86. The molecule has 136 valence electrons. The van der Waals surface area contributed by atoms with E-state index in [0.717, 1.165) is 42.7 Å².